The maximum absolute atomic E-state index is 13.2. The van der Waals surface area contributed by atoms with Gasteiger partial charge >= 0.3 is 0 Å². The fourth-order valence-electron chi connectivity index (χ4n) is 3.38. The monoisotopic (exact) mass is 416 g/mol. The lowest BCUT2D eigenvalue weighted by atomic mass is 10.1. The molecule has 0 saturated heterocycles. The van der Waals surface area contributed by atoms with Crippen molar-refractivity contribution in [2.75, 3.05) is 11.4 Å². The summed E-state index contributed by atoms with van der Waals surface area (Å²) in [6.45, 7) is 0.169. The fraction of sp³-hybridized carbons (Fsp3) is 0.105. The van der Waals surface area contributed by atoms with Crippen molar-refractivity contribution in [3.63, 3.8) is 0 Å². The van der Waals surface area contributed by atoms with E-state index >= 15 is 0 Å². The highest BCUT2D eigenvalue weighted by Gasteiger charge is 2.26. The first-order chi connectivity index (χ1) is 13.7. The molecule has 4 N–H and O–H groups in total. The molecule has 0 saturated carbocycles. The Morgan fingerprint density at radius 3 is 2.52 bits per heavy atom. The second kappa shape index (κ2) is 6.61. The third-order valence-electron chi connectivity index (χ3n) is 4.79. The molecular formula is C19H17FN4O4S. The second-order valence-electron chi connectivity index (χ2n) is 6.60. The first-order valence-electron chi connectivity index (χ1n) is 8.51. The number of nitrogens with zero attached hydrogens (tertiary/aromatic N) is 3. The standard InChI is InChI=1S/C19H17FN4O4S/c1-23(29(21,27)28)17-13-3-2-8-22-16(13)18(25)15-14(17)10-24(19(15)26)9-11-4-6-12(20)7-5-11/h2-8,10,25-26H,9H2,1H3,(H2,21,27,28). The average Bonchev–Trinajstić information content (AvgIpc) is 2.99. The van der Waals surface area contributed by atoms with Crippen molar-refractivity contribution < 1.29 is 23.0 Å². The number of aromatic hydroxyl groups is 2. The molecule has 29 heavy (non-hydrogen) atoms. The highest BCUT2D eigenvalue weighted by atomic mass is 32.2. The van der Waals surface area contributed by atoms with Gasteiger partial charge in [-0.05, 0) is 29.8 Å². The molecule has 0 atom stereocenters. The summed E-state index contributed by atoms with van der Waals surface area (Å²) in [5, 5.41) is 27.5. The third-order valence-corrected chi connectivity index (χ3v) is 5.74. The Kier molecular flexibility index (Phi) is 4.32. The summed E-state index contributed by atoms with van der Waals surface area (Å²) in [5.41, 5.74) is 1.00. The Morgan fingerprint density at radius 2 is 1.86 bits per heavy atom. The minimum Gasteiger partial charge on any atom is -0.505 e. The van der Waals surface area contributed by atoms with Gasteiger partial charge in [0.15, 0.2) is 5.75 Å². The van der Waals surface area contributed by atoms with Gasteiger partial charge in [0, 0.05) is 30.2 Å². The molecule has 0 aliphatic rings. The van der Waals surface area contributed by atoms with Crippen LogP contribution in [0.25, 0.3) is 21.7 Å². The van der Waals surface area contributed by atoms with Gasteiger partial charge in [-0.25, -0.2) is 9.53 Å². The normalized spacial score (nSPS) is 12.0. The number of hydrogen-bond donors (Lipinski definition) is 3. The van der Waals surface area contributed by atoms with Crippen LogP contribution in [0.4, 0.5) is 10.1 Å². The lowest BCUT2D eigenvalue weighted by Gasteiger charge is -2.19. The summed E-state index contributed by atoms with van der Waals surface area (Å²) in [4.78, 5) is 4.13. The number of rotatable bonds is 4. The van der Waals surface area contributed by atoms with E-state index in [-0.39, 0.29) is 46.0 Å². The number of halogens is 1. The highest BCUT2D eigenvalue weighted by molar-refractivity contribution is 7.90. The quantitative estimate of drug-likeness (QED) is 0.472. The van der Waals surface area contributed by atoms with Gasteiger partial charge in [0.2, 0.25) is 5.88 Å². The van der Waals surface area contributed by atoms with E-state index in [0.717, 1.165) is 4.31 Å². The molecule has 2 aromatic carbocycles. The Morgan fingerprint density at radius 1 is 1.17 bits per heavy atom. The van der Waals surface area contributed by atoms with E-state index < -0.39 is 10.2 Å². The van der Waals surface area contributed by atoms with Crippen LogP contribution in [0.2, 0.25) is 0 Å². The van der Waals surface area contributed by atoms with E-state index in [2.05, 4.69) is 4.98 Å². The van der Waals surface area contributed by atoms with Gasteiger partial charge in [0.25, 0.3) is 10.2 Å². The highest BCUT2D eigenvalue weighted by Crippen LogP contribution is 2.46. The van der Waals surface area contributed by atoms with Crippen LogP contribution in [0.1, 0.15) is 5.56 Å². The van der Waals surface area contributed by atoms with Gasteiger partial charge in [-0.3, -0.25) is 9.29 Å². The summed E-state index contributed by atoms with van der Waals surface area (Å²) in [7, 11) is -2.85. The summed E-state index contributed by atoms with van der Waals surface area (Å²) < 4.78 is 39.5. The van der Waals surface area contributed by atoms with Crippen molar-refractivity contribution in [2.24, 2.45) is 5.14 Å². The number of nitrogens with two attached hydrogens (primary N) is 1. The number of hydrogen-bond acceptors (Lipinski definition) is 5. The molecule has 8 nitrogen and oxygen atoms in total. The third kappa shape index (κ3) is 3.12. The first kappa shape index (κ1) is 19.0. The van der Waals surface area contributed by atoms with E-state index in [1.807, 2.05) is 0 Å². The van der Waals surface area contributed by atoms with Crippen LogP contribution in [-0.4, -0.2) is 35.2 Å². The van der Waals surface area contributed by atoms with Gasteiger partial charge < -0.3 is 14.8 Å². The second-order valence-corrected chi connectivity index (χ2v) is 8.18. The molecular weight excluding hydrogens is 399 g/mol. The molecule has 0 fully saturated rings. The minimum atomic E-state index is -4.13. The van der Waals surface area contributed by atoms with Crippen LogP contribution in [0.15, 0.2) is 48.8 Å². The first-order valence-corrected chi connectivity index (χ1v) is 10.0. The molecule has 0 bridgehead atoms. The van der Waals surface area contributed by atoms with Gasteiger partial charge in [-0.2, -0.15) is 8.42 Å². The van der Waals surface area contributed by atoms with E-state index in [1.54, 1.807) is 24.3 Å². The number of fused-ring (bicyclic) bond motifs is 2. The molecule has 2 heterocycles. The molecule has 0 unspecified atom stereocenters. The number of phenols is 1. The van der Waals surface area contributed by atoms with Crippen LogP contribution in [0.5, 0.6) is 11.6 Å². The van der Waals surface area contributed by atoms with Gasteiger partial charge in [0.1, 0.15) is 11.3 Å². The Hall–Kier alpha value is -3.37. The number of pyridine rings is 1. The molecule has 0 spiro atoms. The van der Waals surface area contributed by atoms with Crippen LogP contribution in [0.3, 0.4) is 0 Å². The SMILES string of the molecule is CN(c1c2cccnc2c(O)c2c(O)n(Cc3ccc(F)cc3)cc12)S(N)(=O)=O. The molecule has 2 aromatic heterocycles. The van der Waals surface area contributed by atoms with Gasteiger partial charge in [-0.1, -0.05) is 12.1 Å². The average molecular weight is 416 g/mol. The van der Waals surface area contributed by atoms with Crippen molar-refractivity contribution in [3.05, 3.63) is 60.2 Å². The number of benzene rings is 2. The maximum atomic E-state index is 13.2. The predicted molar refractivity (Wildman–Crippen MR) is 108 cm³/mol. The number of anilines is 1. The zero-order valence-corrected chi connectivity index (χ0v) is 16.1. The summed E-state index contributed by atoms with van der Waals surface area (Å²) in [6.07, 6.45) is 2.96. The molecule has 0 aliphatic heterocycles. The molecule has 10 heteroatoms. The van der Waals surface area contributed by atoms with Crippen LogP contribution in [0, 0.1) is 5.82 Å². The summed E-state index contributed by atoms with van der Waals surface area (Å²) in [5.74, 6) is -0.946. The maximum Gasteiger partial charge on any atom is 0.298 e. The largest absolute Gasteiger partial charge is 0.505 e. The zero-order valence-electron chi connectivity index (χ0n) is 15.2. The van der Waals surface area contributed by atoms with E-state index in [4.69, 9.17) is 5.14 Å². The zero-order chi connectivity index (χ0) is 20.9. The topological polar surface area (TPSA) is 122 Å². The minimum absolute atomic E-state index is 0.0452. The molecule has 0 aliphatic carbocycles. The molecule has 0 radical (unpaired) electrons. The van der Waals surface area contributed by atoms with Gasteiger partial charge in [0.05, 0.1) is 17.6 Å². The smallest absolute Gasteiger partial charge is 0.298 e. The Bertz CT molecular complexity index is 1350. The molecule has 4 rings (SSSR count). The predicted octanol–water partition coefficient (Wildman–Crippen LogP) is 2.43. The van der Waals surface area contributed by atoms with E-state index in [9.17, 15) is 23.0 Å². The fourth-order valence-corrected chi connectivity index (χ4v) is 3.83. The summed E-state index contributed by atoms with van der Waals surface area (Å²) in [6, 6.07) is 8.93. The molecule has 0 amide bonds. The Balaban J connectivity index is 2.03. The van der Waals surface area contributed by atoms with Crippen LogP contribution < -0.4 is 9.44 Å². The van der Waals surface area contributed by atoms with E-state index in [1.165, 1.54) is 36.1 Å². The lowest BCUT2D eigenvalue weighted by molar-refractivity contribution is 0.425. The van der Waals surface area contributed by atoms with Gasteiger partial charge in [-0.15, -0.1) is 0 Å². The van der Waals surface area contributed by atoms with Crippen molar-refractivity contribution >= 4 is 37.6 Å². The van der Waals surface area contributed by atoms with Crippen molar-refractivity contribution in [3.8, 4) is 11.6 Å². The van der Waals surface area contributed by atoms with Crippen LogP contribution >= 0.6 is 0 Å². The summed E-state index contributed by atoms with van der Waals surface area (Å²) >= 11 is 0. The van der Waals surface area contributed by atoms with Crippen molar-refractivity contribution in [1.82, 2.24) is 9.55 Å². The van der Waals surface area contributed by atoms with E-state index in [0.29, 0.717) is 10.9 Å². The number of aromatic nitrogens is 2. The lowest BCUT2D eigenvalue weighted by Crippen LogP contribution is -2.33. The molecule has 150 valence electrons. The van der Waals surface area contributed by atoms with Crippen LogP contribution in [-0.2, 0) is 16.8 Å². The molecule has 4 aromatic rings. The number of phenolic OH excluding ortho intramolecular Hbond substituents is 1. The Labute approximate surface area is 165 Å². The van der Waals surface area contributed by atoms with Crippen molar-refractivity contribution in [2.45, 2.75) is 6.54 Å². The van der Waals surface area contributed by atoms with Crippen molar-refractivity contribution in [1.29, 1.82) is 0 Å².